The maximum Gasteiger partial charge on any atom is 0.254 e. The van der Waals surface area contributed by atoms with E-state index in [1.165, 1.54) is 22.4 Å². The highest BCUT2D eigenvalue weighted by Gasteiger charge is 2.25. The number of hydrogen-bond acceptors (Lipinski definition) is 3. The first-order chi connectivity index (χ1) is 16.9. The molecule has 3 aromatic carbocycles. The van der Waals surface area contributed by atoms with Crippen LogP contribution in [0.25, 0.3) is 22.2 Å². The topological polar surface area (TPSA) is 36.4 Å². The zero-order valence-corrected chi connectivity index (χ0v) is 21.1. The van der Waals surface area contributed by atoms with Gasteiger partial charge in [-0.05, 0) is 54.7 Å². The number of piperazine rings is 1. The smallest absolute Gasteiger partial charge is 0.254 e. The fraction of sp³-hybridized carbons (Fsp3) is 0.290. The molecule has 1 fully saturated rings. The highest BCUT2D eigenvalue weighted by molar-refractivity contribution is 6.07. The van der Waals surface area contributed by atoms with Crippen molar-refractivity contribution in [1.82, 2.24) is 9.88 Å². The average molecular weight is 464 g/mol. The van der Waals surface area contributed by atoms with Gasteiger partial charge in [-0.2, -0.15) is 0 Å². The minimum absolute atomic E-state index is 0.0873. The van der Waals surface area contributed by atoms with Gasteiger partial charge in [0.25, 0.3) is 5.91 Å². The molecule has 2 heterocycles. The number of aromatic nitrogens is 1. The molecule has 0 N–H and O–H groups in total. The molecule has 178 valence electrons. The second-order valence-electron chi connectivity index (χ2n) is 9.85. The molecule has 0 unspecified atom stereocenters. The van der Waals surface area contributed by atoms with Crippen LogP contribution < -0.4 is 4.90 Å². The predicted octanol–water partition coefficient (Wildman–Crippen LogP) is 6.60. The van der Waals surface area contributed by atoms with E-state index in [2.05, 4.69) is 75.1 Å². The lowest BCUT2D eigenvalue weighted by Crippen LogP contribution is -2.49. The second-order valence-corrected chi connectivity index (χ2v) is 9.85. The Bertz CT molecular complexity index is 1370. The van der Waals surface area contributed by atoms with Gasteiger partial charge in [0.2, 0.25) is 0 Å². The Labute approximate surface area is 208 Å². The van der Waals surface area contributed by atoms with Crippen molar-refractivity contribution in [2.24, 2.45) is 0 Å². The van der Waals surface area contributed by atoms with Crippen LogP contribution >= 0.6 is 0 Å². The molecule has 5 rings (SSSR count). The van der Waals surface area contributed by atoms with Gasteiger partial charge in [-0.15, -0.1) is 0 Å². The highest BCUT2D eigenvalue weighted by atomic mass is 16.2. The summed E-state index contributed by atoms with van der Waals surface area (Å²) in [5, 5.41) is 0.914. The second kappa shape index (κ2) is 9.53. The van der Waals surface area contributed by atoms with E-state index in [9.17, 15) is 4.79 Å². The number of fused-ring (bicyclic) bond motifs is 1. The summed E-state index contributed by atoms with van der Waals surface area (Å²) in [5.74, 6) is 0.567. The summed E-state index contributed by atoms with van der Waals surface area (Å²) in [6.45, 7) is 11.8. The molecule has 1 saturated heterocycles. The lowest BCUT2D eigenvalue weighted by molar-refractivity contribution is 0.0748. The normalized spacial score (nSPS) is 14.1. The molecule has 0 bridgehead atoms. The molecular formula is C31H33N3O. The van der Waals surface area contributed by atoms with E-state index in [1.54, 1.807) is 0 Å². The summed E-state index contributed by atoms with van der Waals surface area (Å²) in [6.07, 6.45) is 0. The molecule has 4 nitrogen and oxygen atoms in total. The number of hydrogen-bond donors (Lipinski definition) is 0. The van der Waals surface area contributed by atoms with Crippen molar-refractivity contribution in [1.29, 1.82) is 0 Å². The van der Waals surface area contributed by atoms with Gasteiger partial charge in [0.1, 0.15) is 0 Å². The lowest BCUT2D eigenvalue weighted by Gasteiger charge is -2.37. The number of amides is 1. The van der Waals surface area contributed by atoms with Crippen molar-refractivity contribution >= 4 is 22.5 Å². The van der Waals surface area contributed by atoms with Gasteiger partial charge < -0.3 is 9.80 Å². The Morgan fingerprint density at radius 1 is 0.857 bits per heavy atom. The van der Waals surface area contributed by atoms with Crippen LogP contribution in [0.15, 0.2) is 72.8 Å². The van der Waals surface area contributed by atoms with Gasteiger partial charge in [-0.1, -0.05) is 68.4 Å². The van der Waals surface area contributed by atoms with E-state index in [0.717, 1.165) is 40.8 Å². The predicted molar refractivity (Wildman–Crippen MR) is 145 cm³/mol. The van der Waals surface area contributed by atoms with E-state index < -0.39 is 0 Å². The van der Waals surface area contributed by atoms with Crippen LogP contribution in [0, 0.1) is 13.8 Å². The molecule has 1 amide bonds. The van der Waals surface area contributed by atoms with Gasteiger partial charge in [-0.3, -0.25) is 4.79 Å². The number of anilines is 1. The standard InChI is InChI=1S/C31H33N3O/c1-21(2)24-12-14-25(15-13-24)29-20-27(26-9-5-6-10-28(26)32-29)31(35)34-18-16-33(17-19-34)30-11-7-8-22(3)23(30)4/h5-15,20-21H,16-19H2,1-4H3. The van der Waals surface area contributed by atoms with E-state index in [0.29, 0.717) is 19.0 Å². The van der Waals surface area contributed by atoms with Gasteiger partial charge >= 0.3 is 0 Å². The lowest BCUT2D eigenvalue weighted by atomic mass is 9.99. The van der Waals surface area contributed by atoms with Gasteiger partial charge in [0.15, 0.2) is 0 Å². The summed E-state index contributed by atoms with van der Waals surface area (Å²) in [7, 11) is 0. The number of pyridine rings is 1. The molecule has 4 aromatic rings. The number of carbonyl (C=O) groups excluding carboxylic acids is 1. The van der Waals surface area contributed by atoms with Crippen LogP contribution in [-0.2, 0) is 0 Å². The third-order valence-electron chi connectivity index (χ3n) is 7.30. The Hall–Kier alpha value is -3.66. The number of nitrogens with zero attached hydrogens (tertiary/aromatic N) is 3. The minimum Gasteiger partial charge on any atom is -0.368 e. The van der Waals surface area contributed by atoms with E-state index in [4.69, 9.17) is 4.98 Å². The minimum atomic E-state index is 0.0873. The Kier molecular flexibility index (Phi) is 6.29. The summed E-state index contributed by atoms with van der Waals surface area (Å²) in [5.41, 5.74) is 8.67. The number of aryl methyl sites for hydroxylation is 1. The summed E-state index contributed by atoms with van der Waals surface area (Å²) in [6, 6.07) is 25.0. The number of carbonyl (C=O) groups is 1. The molecule has 0 atom stereocenters. The van der Waals surface area contributed by atoms with Crippen LogP contribution in [0.3, 0.4) is 0 Å². The number of rotatable bonds is 4. The van der Waals surface area contributed by atoms with Crippen molar-refractivity contribution in [2.45, 2.75) is 33.6 Å². The Balaban J connectivity index is 1.43. The average Bonchev–Trinajstić information content (AvgIpc) is 2.89. The van der Waals surface area contributed by atoms with Gasteiger partial charge in [-0.25, -0.2) is 4.98 Å². The molecule has 1 aliphatic rings. The third-order valence-corrected chi connectivity index (χ3v) is 7.30. The molecule has 1 aromatic heterocycles. The monoisotopic (exact) mass is 463 g/mol. The van der Waals surface area contributed by atoms with Crippen molar-refractivity contribution in [3.05, 3.63) is 95.1 Å². The molecule has 1 aliphatic heterocycles. The summed E-state index contributed by atoms with van der Waals surface area (Å²) in [4.78, 5) is 23.1. The highest BCUT2D eigenvalue weighted by Crippen LogP contribution is 2.28. The van der Waals surface area contributed by atoms with E-state index >= 15 is 0 Å². The number of para-hydroxylation sites is 1. The zero-order chi connectivity index (χ0) is 24.5. The fourth-order valence-electron chi connectivity index (χ4n) is 4.94. The molecular weight excluding hydrogens is 430 g/mol. The first kappa shape index (κ1) is 23.1. The van der Waals surface area contributed by atoms with E-state index in [1.807, 2.05) is 35.2 Å². The van der Waals surface area contributed by atoms with Crippen molar-refractivity contribution in [3.8, 4) is 11.3 Å². The molecule has 0 aliphatic carbocycles. The van der Waals surface area contributed by atoms with Crippen LogP contribution in [-0.4, -0.2) is 42.0 Å². The van der Waals surface area contributed by atoms with Crippen LogP contribution in [0.2, 0.25) is 0 Å². The fourth-order valence-corrected chi connectivity index (χ4v) is 4.94. The van der Waals surface area contributed by atoms with Crippen molar-refractivity contribution in [2.75, 3.05) is 31.1 Å². The van der Waals surface area contributed by atoms with Crippen LogP contribution in [0.4, 0.5) is 5.69 Å². The molecule has 35 heavy (non-hydrogen) atoms. The molecule has 4 heteroatoms. The molecule has 0 spiro atoms. The van der Waals surface area contributed by atoms with Crippen LogP contribution in [0.5, 0.6) is 0 Å². The van der Waals surface area contributed by atoms with Crippen LogP contribution in [0.1, 0.15) is 46.8 Å². The quantitative estimate of drug-likeness (QED) is 0.342. The maximum atomic E-state index is 13.8. The summed E-state index contributed by atoms with van der Waals surface area (Å²) >= 11 is 0. The Morgan fingerprint density at radius 3 is 2.29 bits per heavy atom. The van der Waals surface area contributed by atoms with Crippen molar-refractivity contribution in [3.63, 3.8) is 0 Å². The first-order valence-electron chi connectivity index (χ1n) is 12.5. The first-order valence-corrected chi connectivity index (χ1v) is 12.5. The SMILES string of the molecule is Cc1cccc(N2CCN(C(=O)c3cc(-c4ccc(C(C)C)cc4)nc4ccccc34)CC2)c1C. The molecule has 0 saturated carbocycles. The van der Waals surface area contributed by atoms with Gasteiger partial charge in [0, 0.05) is 42.8 Å². The zero-order valence-electron chi connectivity index (χ0n) is 21.1. The molecule has 0 radical (unpaired) electrons. The van der Waals surface area contributed by atoms with Crippen molar-refractivity contribution < 1.29 is 4.79 Å². The third kappa shape index (κ3) is 4.53. The Morgan fingerprint density at radius 2 is 1.57 bits per heavy atom. The maximum absolute atomic E-state index is 13.8. The van der Waals surface area contributed by atoms with E-state index in [-0.39, 0.29) is 5.91 Å². The number of benzene rings is 3. The van der Waals surface area contributed by atoms with Gasteiger partial charge in [0.05, 0.1) is 16.8 Å². The summed E-state index contributed by atoms with van der Waals surface area (Å²) < 4.78 is 0. The largest absolute Gasteiger partial charge is 0.368 e.